The number of anilines is 2. The summed E-state index contributed by atoms with van der Waals surface area (Å²) >= 11 is 0. The quantitative estimate of drug-likeness (QED) is 0.218. The van der Waals surface area contributed by atoms with Crippen molar-refractivity contribution in [2.24, 2.45) is 0 Å². The van der Waals surface area contributed by atoms with Gasteiger partial charge < -0.3 is 31.7 Å². The van der Waals surface area contributed by atoms with Crippen LogP contribution in [0.5, 0.6) is 11.5 Å². The van der Waals surface area contributed by atoms with E-state index in [2.05, 4.69) is 20.2 Å². The molecule has 0 atom stereocenters. The molecule has 2 aromatic heterocycles. The van der Waals surface area contributed by atoms with Gasteiger partial charge in [-0.1, -0.05) is 48.5 Å². The van der Waals surface area contributed by atoms with Crippen molar-refractivity contribution < 1.29 is 19.5 Å². The molecule has 6 aromatic rings. The number of fused-ring (bicyclic) bond motifs is 2. The van der Waals surface area contributed by atoms with Crippen molar-refractivity contribution in [1.29, 1.82) is 0 Å². The maximum absolute atomic E-state index is 11.9. The summed E-state index contributed by atoms with van der Waals surface area (Å²) in [6.07, 6.45) is 0. The number of nitrogens with zero attached hydrogens (tertiary/aromatic N) is 6. The fourth-order valence-corrected chi connectivity index (χ4v) is 4.54. The zero-order valence-electron chi connectivity index (χ0n) is 22.4. The van der Waals surface area contributed by atoms with Gasteiger partial charge in [-0.2, -0.15) is 0 Å². The molecular formula is C29H26N8O4. The maximum atomic E-state index is 11.9. The molecule has 6 rings (SSSR count). The standard InChI is InChI=1S/C15H14N4O2.C14H12N4O2/c1-9-5-3-4-6-10(9)11-7-13-12(8-14(11)21-2)17-15(16)18-19(13)20;1-8-4-2-3-5-9(8)10-6-12-11(7-13(10)19)16-14(15)17-18(12)20/h3-8H,1-2H3,(H2,16,17,18);2-7,19H,1H3,(H2,15,16,17). The van der Waals surface area contributed by atoms with Crippen molar-refractivity contribution in [3.05, 3.63) is 94.3 Å². The first-order valence-corrected chi connectivity index (χ1v) is 12.4. The monoisotopic (exact) mass is 550 g/mol. The van der Waals surface area contributed by atoms with Crippen LogP contribution >= 0.6 is 0 Å². The molecule has 12 heteroatoms. The predicted molar refractivity (Wildman–Crippen MR) is 154 cm³/mol. The molecule has 41 heavy (non-hydrogen) atoms. The average molecular weight is 551 g/mol. The number of aromatic hydroxyl groups is 1. The molecule has 0 aliphatic rings. The lowest BCUT2D eigenvalue weighted by Gasteiger charge is -2.11. The number of rotatable bonds is 3. The highest BCUT2D eigenvalue weighted by Crippen LogP contribution is 2.35. The Bertz CT molecular complexity index is 1930. The van der Waals surface area contributed by atoms with Crippen molar-refractivity contribution in [1.82, 2.24) is 20.2 Å². The van der Waals surface area contributed by atoms with E-state index in [0.717, 1.165) is 27.8 Å². The van der Waals surface area contributed by atoms with Gasteiger partial charge in [-0.3, -0.25) is 0 Å². The van der Waals surface area contributed by atoms with Gasteiger partial charge >= 0.3 is 0 Å². The van der Waals surface area contributed by atoms with Crippen LogP contribution in [0.1, 0.15) is 11.1 Å². The molecule has 206 valence electrons. The SMILES string of the molecule is COc1cc2nc(N)n[n+]([O-])c2cc1-c1ccccc1C.Cc1ccccc1-c1cc2c(cc1O)nc(N)n[n+]2[O-]. The minimum absolute atomic E-state index is 0.0462. The number of benzene rings is 4. The minimum atomic E-state index is -0.129. The van der Waals surface area contributed by atoms with E-state index < -0.39 is 0 Å². The second-order valence-electron chi connectivity index (χ2n) is 9.21. The van der Waals surface area contributed by atoms with Gasteiger partial charge in [0.1, 0.15) is 22.5 Å². The van der Waals surface area contributed by atoms with E-state index in [-0.39, 0.29) is 23.2 Å². The molecule has 5 N–H and O–H groups in total. The first kappa shape index (κ1) is 26.8. The predicted octanol–water partition coefficient (Wildman–Crippen LogP) is 3.36. The lowest BCUT2D eigenvalue weighted by Crippen LogP contribution is -2.33. The van der Waals surface area contributed by atoms with E-state index in [1.54, 1.807) is 25.3 Å². The van der Waals surface area contributed by atoms with E-state index in [1.165, 1.54) is 6.07 Å². The molecule has 0 aliphatic carbocycles. The Morgan fingerprint density at radius 1 is 0.683 bits per heavy atom. The van der Waals surface area contributed by atoms with Crippen LogP contribution in [0.4, 0.5) is 11.9 Å². The second-order valence-corrected chi connectivity index (χ2v) is 9.21. The first-order valence-electron chi connectivity index (χ1n) is 12.4. The Balaban J connectivity index is 0.000000165. The van der Waals surface area contributed by atoms with Gasteiger partial charge in [0.05, 0.1) is 17.3 Å². The smallest absolute Gasteiger partial charge is 0.288 e. The van der Waals surface area contributed by atoms with Crippen molar-refractivity contribution in [2.75, 3.05) is 18.6 Å². The Labute approximate surface area is 234 Å². The summed E-state index contributed by atoms with van der Waals surface area (Å²) in [7, 11) is 1.58. The first-order chi connectivity index (χ1) is 19.7. The number of hydrogen-bond acceptors (Lipinski definition) is 10. The molecular weight excluding hydrogens is 524 g/mol. The van der Waals surface area contributed by atoms with Gasteiger partial charge in [-0.15, -0.1) is 0 Å². The van der Waals surface area contributed by atoms with Gasteiger partial charge in [0.2, 0.25) is 0 Å². The summed E-state index contributed by atoms with van der Waals surface area (Å²) in [4.78, 5) is 8.91. The Hall–Kier alpha value is -5.78. The zero-order valence-corrected chi connectivity index (χ0v) is 22.4. The highest BCUT2D eigenvalue weighted by Gasteiger charge is 2.18. The molecule has 0 amide bonds. The third-order valence-corrected chi connectivity index (χ3v) is 6.53. The van der Waals surface area contributed by atoms with Gasteiger partial charge in [0, 0.05) is 35.4 Å². The molecule has 4 aromatic carbocycles. The molecule has 0 saturated carbocycles. The van der Waals surface area contributed by atoms with Crippen LogP contribution in [0.25, 0.3) is 44.3 Å². The summed E-state index contributed by atoms with van der Waals surface area (Å²) < 4.78 is 5.43. The van der Waals surface area contributed by atoms with Crippen LogP contribution in [0.2, 0.25) is 0 Å². The number of methoxy groups -OCH3 is 1. The Morgan fingerprint density at radius 2 is 1.15 bits per heavy atom. The fourth-order valence-electron chi connectivity index (χ4n) is 4.54. The number of nitrogen functional groups attached to an aromatic ring is 2. The molecule has 0 spiro atoms. The molecule has 0 saturated heterocycles. The molecule has 2 heterocycles. The number of aryl methyl sites for hydroxylation is 2. The normalized spacial score (nSPS) is 10.8. The molecule has 0 unspecified atom stereocenters. The summed E-state index contributed by atoms with van der Waals surface area (Å²) in [5.74, 6) is 0.485. The van der Waals surface area contributed by atoms with Gasteiger partial charge in [0.15, 0.2) is 0 Å². The highest BCUT2D eigenvalue weighted by atomic mass is 16.5. The third-order valence-electron chi connectivity index (χ3n) is 6.53. The second kappa shape index (κ2) is 10.8. The van der Waals surface area contributed by atoms with E-state index in [9.17, 15) is 15.5 Å². The number of phenols is 1. The maximum Gasteiger partial charge on any atom is 0.288 e. The summed E-state index contributed by atoms with van der Waals surface area (Å²) in [5.41, 5.74) is 17.6. The number of phenolic OH excluding ortho intramolecular Hbond substituents is 1. The van der Waals surface area contributed by atoms with Crippen molar-refractivity contribution >= 4 is 34.0 Å². The number of ether oxygens (including phenoxy) is 1. The molecule has 0 radical (unpaired) electrons. The van der Waals surface area contributed by atoms with Crippen LogP contribution in [0, 0.1) is 24.3 Å². The van der Waals surface area contributed by atoms with Crippen LogP contribution in [-0.2, 0) is 0 Å². The Kier molecular flexibility index (Phi) is 7.04. The molecule has 0 aliphatic heterocycles. The number of aromatic nitrogens is 6. The summed E-state index contributed by atoms with van der Waals surface area (Å²) in [5, 5.41) is 41.0. The van der Waals surface area contributed by atoms with E-state index in [1.807, 2.05) is 62.4 Å². The van der Waals surface area contributed by atoms with Crippen molar-refractivity contribution in [3.8, 4) is 33.8 Å². The van der Waals surface area contributed by atoms with E-state index in [0.29, 0.717) is 37.6 Å². The van der Waals surface area contributed by atoms with Crippen LogP contribution < -0.4 is 25.9 Å². The van der Waals surface area contributed by atoms with E-state index >= 15 is 0 Å². The minimum Gasteiger partial charge on any atom is -0.594 e. The molecule has 12 nitrogen and oxygen atoms in total. The van der Waals surface area contributed by atoms with Crippen molar-refractivity contribution in [2.45, 2.75) is 13.8 Å². The molecule has 0 fully saturated rings. The van der Waals surface area contributed by atoms with Gasteiger partial charge in [-0.05, 0) is 45.8 Å². The lowest BCUT2D eigenvalue weighted by molar-refractivity contribution is -0.641. The number of nitrogens with two attached hydrogens (primary N) is 2. The topological polar surface area (TPSA) is 187 Å². The lowest BCUT2D eigenvalue weighted by atomic mass is 9.99. The number of hydrogen-bond donors (Lipinski definition) is 3. The molecule has 0 bridgehead atoms. The van der Waals surface area contributed by atoms with E-state index in [4.69, 9.17) is 16.2 Å². The highest BCUT2D eigenvalue weighted by molar-refractivity contribution is 5.86. The van der Waals surface area contributed by atoms with Crippen LogP contribution in [0.15, 0.2) is 72.8 Å². The van der Waals surface area contributed by atoms with Gasteiger partial charge in [0.25, 0.3) is 22.9 Å². The van der Waals surface area contributed by atoms with Crippen LogP contribution in [-0.4, -0.2) is 32.4 Å². The van der Waals surface area contributed by atoms with Crippen molar-refractivity contribution in [3.63, 3.8) is 0 Å². The summed E-state index contributed by atoms with van der Waals surface area (Å²) in [6, 6.07) is 21.9. The largest absolute Gasteiger partial charge is 0.594 e. The zero-order chi connectivity index (χ0) is 29.3. The third kappa shape index (κ3) is 5.26. The van der Waals surface area contributed by atoms with Gasteiger partial charge in [-0.25, -0.2) is 9.97 Å². The van der Waals surface area contributed by atoms with Crippen LogP contribution in [0.3, 0.4) is 0 Å². The fraction of sp³-hybridized carbons (Fsp3) is 0.103. The summed E-state index contributed by atoms with van der Waals surface area (Å²) in [6.45, 7) is 3.94. The average Bonchev–Trinajstić information content (AvgIpc) is 2.93. The Morgan fingerprint density at radius 3 is 1.66 bits per heavy atom.